The summed E-state index contributed by atoms with van der Waals surface area (Å²) < 4.78 is 0. The van der Waals surface area contributed by atoms with E-state index >= 15 is 0 Å². The smallest absolute Gasteiger partial charge is 0.167 e. The van der Waals surface area contributed by atoms with Gasteiger partial charge in [-0.15, -0.1) is 0 Å². The summed E-state index contributed by atoms with van der Waals surface area (Å²) in [4.78, 5) is 13.4. The van der Waals surface area contributed by atoms with Crippen LogP contribution in [0.2, 0.25) is 0 Å². The molecule has 0 aliphatic heterocycles. The quantitative estimate of drug-likeness (QED) is 0.468. The second-order valence-electron chi connectivity index (χ2n) is 8.87. The molecular weight excluding hydrogens is 328 g/mol. The minimum Gasteiger partial charge on any atom is -0.294 e. The summed E-state index contributed by atoms with van der Waals surface area (Å²) in [6.45, 7) is 17.5. The van der Waals surface area contributed by atoms with Gasteiger partial charge in [0.1, 0.15) is 0 Å². The molecule has 0 saturated heterocycles. The summed E-state index contributed by atoms with van der Waals surface area (Å²) in [7, 11) is 0. The van der Waals surface area contributed by atoms with E-state index in [1.165, 1.54) is 22.3 Å². The highest BCUT2D eigenvalue weighted by Gasteiger charge is 2.20. The van der Waals surface area contributed by atoms with E-state index in [-0.39, 0.29) is 11.7 Å². The van der Waals surface area contributed by atoms with Crippen molar-refractivity contribution >= 4 is 5.78 Å². The fourth-order valence-electron chi connectivity index (χ4n) is 3.73. The third-order valence-corrected chi connectivity index (χ3v) is 5.33. The highest BCUT2D eigenvalue weighted by atomic mass is 16.1. The molecule has 0 fully saturated rings. The van der Waals surface area contributed by atoms with Crippen LogP contribution in [-0.2, 0) is 6.42 Å². The lowest BCUT2D eigenvalue weighted by atomic mass is 9.83. The highest BCUT2D eigenvalue weighted by Crippen LogP contribution is 2.30. The first-order chi connectivity index (χ1) is 12.6. The number of carbonyl (C=O) groups is 1. The van der Waals surface area contributed by atoms with E-state index in [1.807, 2.05) is 6.07 Å². The Kier molecular flexibility index (Phi) is 7.03. The lowest BCUT2D eigenvalue weighted by molar-refractivity contribution is 0.0991. The average Bonchev–Trinajstić information content (AvgIpc) is 2.60. The number of Topliss-reactive ketones (excluding diaryl/α,β-unsaturated/α-hetero) is 1. The van der Waals surface area contributed by atoms with E-state index in [0.717, 1.165) is 11.1 Å². The highest BCUT2D eigenvalue weighted by molar-refractivity contribution is 5.99. The van der Waals surface area contributed by atoms with Gasteiger partial charge in [0.2, 0.25) is 0 Å². The minimum absolute atomic E-state index is 0.209. The molecule has 27 heavy (non-hydrogen) atoms. The standard InChI is InChI=1S/C26H35O/c1-16(2)20-12-13-23(24(14-20)19(7)8)26(27)15-25-21(17(3)4)10-9-11-22(25)18(5)6/h9-13,16-19H,15H2,1-8H3. The van der Waals surface area contributed by atoms with E-state index in [2.05, 4.69) is 85.7 Å². The molecule has 2 rings (SSSR count). The van der Waals surface area contributed by atoms with Crippen LogP contribution in [-0.4, -0.2) is 5.78 Å². The third-order valence-electron chi connectivity index (χ3n) is 5.33. The van der Waals surface area contributed by atoms with Crippen molar-refractivity contribution in [3.63, 3.8) is 0 Å². The number of hydrogen-bond donors (Lipinski definition) is 0. The zero-order valence-electron chi connectivity index (χ0n) is 18.3. The van der Waals surface area contributed by atoms with Crippen LogP contribution in [0.3, 0.4) is 0 Å². The van der Waals surface area contributed by atoms with Crippen molar-refractivity contribution in [2.24, 2.45) is 0 Å². The molecule has 1 radical (unpaired) electrons. The first kappa shape index (κ1) is 21.4. The monoisotopic (exact) mass is 363 g/mol. The van der Waals surface area contributed by atoms with Gasteiger partial charge in [0.15, 0.2) is 5.78 Å². The molecular formula is C26H35O. The van der Waals surface area contributed by atoms with Crippen LogP contribution < -0.4 is 0 Å². The van der Waals surface area contributed by atoms with E-state index < -0.39 is 0 Å². The molecule has 2 aromatic rings. The molecule has 0 saturated carbocycles. The topological polar surface area (TPSA) is 17.1 Å². The molecule has 1 heteroatoms. The normalized spacial score (nSPS) is 11.9. The Labute approximate surface area is 166 Å². The molecule has 0 spiro atoms. The van der Waals surface area contributed by atoms with Crippen molar-refractivity contribution in [2.45, 2.75) is 85.5 Å². The third kappa shape index (κ3) is 4.89. The zero-order chi connectivity index (χ0) is 20.3. The predicted molar refractivity (Wildman–Crippen MR) is 116 cm³/mol. The van der Waals surface area contributed by atoms with Crippen molar-refractivity contribution in [2.75, 3.05) is 0 Å². The van der Waals surface area contributed by atoms with Gasteiger partial charge in [-0.2, -0.15) is 0 Å². The minimum atomic E-state index is 0.209. The molecule has 0 amide bonds. The number of ketones is 1. The van der Waals surface area contributed by atoms with Crippen LogP contribution in [0.4, 0.5) is 0 Å². The Morgan fingerprint density at radius 2 is 1.33 bits per heavy atom. The second-order valence-corrected chi connectivity index (χ2v) is 8.87. The zero-order valence-corrected chi connectivity index (χ0v) is 18.3. The van der Waals surface area contributed by atoms with Crippen LogP contribution in [0, 0.1) is 6.07 Å². The Bertz CT molecular complexity index is 768. The van der Waals surface area contributed by atoms with Crippen molar-refractivity contribution in [1.82, 2.24) is 0 Å². The van der Waals surface area contributed by atoms with Crippen LogP contribution in [0.1, 0.15) is 117 Å². The van der Waals surface area contributed by atoms with E-state index in [1.54, 1.807) is 0 Å². The average molecular weight is 364 g/mol. The van der Waals surface area contributed by atoms with Gasteiger partial charge >= 0.3 is 0 Å². The SMILES string of the molecule is CC(C)c1[c]c(C(C)C)c(C(=O)Cc2c(C(C)C)cccc2C(C)C)cc1. The molecule has 0 aromatic heterocycles. The van der Waals surface area contributed by atoms with Crippen molar-refractivity contribution in [1.29, 1.82) is 0 Å². The number of rotatable bonds is 7. The summed E-state index contributed by atoms with van der Waals surface area (Å²) in [6, 6.07) is 14.1. The van der Waals surface area contributed by atoms with Gasteiger partial charge in [0.25, 0.3) is 0 Å². The van der Waals surface area contributed by atoms with E-state index in [9.17, 15) is 4.79 Å². The maximum absolute atomic E-state index is 13.4. The van der Waals surface area contributed by atoms with Crippen molar-refractivity contribution in [3.8, 4) is 0 Å². The van der Waals surface area contributed by atoms with Gasteiger partial charge in [0.05, 0.1) is 0 Å². The predicted octanol–water partition coefficient (Wildman–Crippen LogP) is 7.41. The Morgan fingerprint density at radius 1 is 0.778 bits per heavy atom. The van der Waals surface area contributed by atoms with Gasteiger partial charge < -0.3 is 0 Å². The molecule has 0 aliphatic carbocycles. The summed E-state index contributed by atoms with van der Waals surface area (Å²) >= 11 is 0. The summed E-state index contributed by atoms with van der Waals surface area (Å²) in [6.07, 6.45) is 0.469. The molecule has 145 valence electrons. The number of benzene rings is 2. The van der Waals surface area contributed by atoms with Crippen LogP contribution in [0.25, 0.3) is 0 Å². The number of carbonyl (C=O) groups excluding carboxylic acids is 1. The van der Waals surface area contributed by atoms with Gasteiger partial charge in [0, 0.05) is 12.0 Å². The van der Waals surface area contributed by atoms with Crippen LogP contribution in [0.15, 0.2) is 30.3 Å². The van der Waals surface area contributed by atoms with Crippen molar-refractivity contribution < 1.29 is 4.79 Å². The largest absolute Gasteiger partial charge is 0.294 e. The first-order valence-corrected chi connectivity index (χ1v) is 10.3. The molecule has 0 atom stereocenters. The first-order valence-electron chi connectivity index (χ1n) is 10.3. The summed E-state index contributed by atoms with van der Waals surface area (Å²) in [5.41, 5.74) is 6.88. The summed E-state index contributed by atoms with van der Waals surface area (Å²) in [5, 5.41) is 0. The van der Waals surface area contributed by atoms with Gasteiger partial charge in [-0.05, 0) is 57.6 Å². The van der Waals surface area contributed by atoms with E-state index in [0.29, 0.717) is 24.2 Å². The van der Waals surface area contributed by atoms with Gasteiger partial charge in [-0.25, -0.2) is 0 Å². The maximum Gasteiger partial charge on any atom is 0.167 e. The maximum atomic E-state index is 13.4. The molecule has 0 aliphatic rings. The second kappa shape index (κ2) is 8.87. The summed E-state index contributed by atoms with van der Waals surface area (Å²) in [5.74, 6) is 1.73. The Hall–Kier alpha value is -1.89. The molecule has 1 nitrogen and oxygen atoms in total. The van der Waals surface area contributed by atoms with E-state index in [4.69, 9.17) is 0 Å². The lowest BCUT2D eigenvalue weighted by Crippen LogP contribution is -2.13. The molecule has 0 unspecified atom stereocenters. The molecule has 0 bridgehead atoms. The van der Waals surface area contributed by atoms with Crippen LogP contribution >= 0.6 is 0 Å². The number of hydrogen-bond acceptors (Lipinski definition) is 1. The molecule has 0 N–H and O–H groups in total. The fourth-order valence-corrected chi connectivity index (χ4v) is 3.73. The molecule has 2 aromatic carbocycles. The van der Waals surface area contributed by atoms with Gasteiger partial charge in [-0.3, -0.25) is 4.79 Å². The fraction of sp³-hybridized carbons (Fsp3) is 0.500. The van der Waals surface area contributed by atoms with Crippen molar-refractivity contribution in [3.05, 3.63) is 69.8 Å². The Morgan fingerprint density at radius 3 is 1.78 bits per heavy atom. The lowest BCUT2D eigenvalue weighted by Gasteiger charge is -2.20. The Balaban J connectivity index is 2.49. The van der Waals surface area contributed by atoms with Gasteiger partial charge in [-0.1, -0.05) is 85.7 Å². The molecule has 0 heterocycles. The van der Waals surface area contributed by atoms with Crippen LogP contribution in [0.5, 0.6) is 0 Å².